The molecule has 0 aromatic heterocycles. The largest absolute Gasteiger partial charge is 0.0720 e. The van der Waals surface area contributed by atoms with Gasteiger partial charge in [0.15, 0.2) is 0 Å². The fourth-order valence-electron chi connectivity index (χ4n) is 11.8. The van der Waals surface area contributed by atoms with Gasteiger partial charge in [0.2, 0.25) is 0 Å². The van der Waals surface area contributed by atoms with Crippen LogP contribution in [0.1, 0.15) is 47.2 Å². The highest BCUT2D eigenvalue weighted by molar-refractivity contribution is 6.10. The van der Waals surface area contributed by atoms with Crippen molar-refractivity contribution in [3.05, 3.63) is 288 Å². The molecular weight excluding hydrogens is 817 g/mol. The molecule has 0 saturated carbocycles. The van der Waals surface area contributed by atoms with Crippen LogP contribution in [0.4, 0.5) is 0 Å². The zero-order chi connectivity index (χ0) is 45.4. The Hall–Kier alpha value is -8.32. The zero-order valence-electron chi connectivity index (χ0n) is 38.2. The van der Waals surface area contributed by atoms with Crippen molar-refractivity contribution in [2.45, 2.75) is 24.7 Å². The molecule has 13 rings (SSSR count). The number of rotatable bonds is 6. The number of fused-ring (bicyclic) bond motifs is 11. The first-order valence-corrected chi connectivity index (χ1v) is 23.9. The van der Waals surface area contributed by atoms with Gasteiger partial charge in [0, 0.05) is 5.41 Å². The molecule has 0 saturated heterocycles. The van der Waals surface area contributed by atoms with Gasteiger partial charge < -0.3 is 0 Å². The van der Waals surface area contributed by atoms with E-state index >= 15 is 0 Å². The smallest absolute Gasteiger partial charge is 0.0622 e. The summed E-state index contributed by atoms with van der Waals surface area (Å²) in [5.74, 6) is 0. The molecule has 0 unspecified atom stereocenters. The molecule has 0 nitrogen and oxygen atoms in total. The number of benzene rings is 11. The predicted molar refractivity (Wildman–Crippen MR) is 286 cm³/mol. The van der Waals surface area contributed by atoms with Crippen molar-refractivity contribution < 1.29 is 0 Å². The van der Waals surface area contributed by atoms with E-state index in [1.54, 1.807) is 0 Å². The van der Waals surface area contributed by atoms with Crippen LogP contribution >= 0.6 is 0 Å². The van der Waals surface area contributed by atoms with Crippen molar-refractivity contribution in [1.82, 2.24) is 0 Å². The lowest BCUT2D eigenvalue weighted by atomic mass is 9.55. The molecule has 0 atom stereocenters. The predicted octanol–water partition coefficient (Wildman–Crippen LogP) is 17.8. The second-order valence-corrected chi connectivity index (χ2v) is 19.2. The maximum Gasteiger partial charge on any atom is 0.0720 e. The third-order valence-corrected chi connectivity index (χ3v) is 15.2. The van der Waals surface area contributed by atoms with Crippen LogP contribution in [0, 0.1) is 0 Å². The van der Waals surface area contributed by atoms with E-state index in [1.807, 2.05) is 0 Å². The quantitative estimate of drug-likeness (QED) is 0.156. The summed E-state index contributed by atoms with van der Waals surface area (Å²) in [5, 5.41) is 2.55. The molecular formula is C68H48. The lowest BCUT2D eigenvalue weighted by Crippen LogP contribution is -2.40. The molecule has 0 aliphatic heterocycles. The van der Waals surface area contributed by atoms with E-state index in [0.29, 0.717) is 0 Å². The monoisotopic (exact) mass is 864 g/mol. The van der Waals surface area contributed by atoms with Gasteiger partial charge in [0.1, 0.15) is 0 Å². The van der Waals surface area contributed by atoms with Gasteiger partial charge in [0.25, 0.3) is 0 Å². The van der Waals surface area contributed by atoms with Gasteiger partial charge in [-0.2, -0.15) is 0 Å². The Bertz CT molecular complexity index is 3640. The third-order valence-electron chi connectivity index (χ3n) is 15.2. The fourth-order valence-corrected chi connectivity index (χ4v) is 11.8. The molecule has 68 heavy (non-hydrogen) atoms. The normalized spacial score (nSPS) is 13.7. The summed E-state index contributed by atoms with van der Waals surface area (Å²) in [6, 6.07) is 95.0. The molecule has 0 radical (unpaired) electrons. The minimum Gasteiger partial charge on any atom is -0.0622 e. The van der Waals surface area contributed by atoms with Gasteiger partial charge >= 0.3 is 0 Å². The van der Waals surface area contributed by atoms with Crippen molar-refractivity contribution in [3.8, 4) is 77.9 Å². The summed E-state index contributed by atoms with van der Waals surface area (Å²) in [6.45, 7) is 4.81. The Morgan fingerprint density at radius 1 is 0.221 bits per heavy atom. The molecule has 2 aliphatic carbocycles. The lowest BCUT2D eigenvalue weighted by Gasteiger charge is -2.46. The summed E-state index contributed by atoms with van der Waals surface area (Å²) in [5.41, 5.74) is 24.8. The van der Waals surface area contributed by atoms with Crippen molar-refractivity contribution in [2.24, 2.45) is 0 Å². The average molecular weight is 865 g/mol. The Labute approximate surface area is 399 Å². The third kappa shape index (κ3) is 6.14. The molecule has 320 valence electrons. The molecule has 0 heteroatoms. The minimum atomic E-state index is -0.553. The molecule has 11 aromatic carbocycles. The maximum atomic E-state index is 2.56. The lowest BCUT2D eigenvalue weighted by molar-refractivity contribution is 0.563. The van der Waals surface area contributed by atoms with Gasteiger partial charge in [-0.1, -0.05) is 257 Å². The first-order chi connectivity index (χ1) is 33.5. The summed E-state index contributed by atoms with van der Waals surface area (Å²) in [4.78, 5) is 0. The molecule has 0 fully saturated rings. The van der Waals surface area contributed by atoms with E-state index in [9.17, 15) is 0 Å². The topological polar surface area (TPSA) is 0 Å². The van der Waals surface area contributed by atoms with Crippen molar-refractivity contribution in [1.29, 1.82) is 0 Å². The van der Waals surface area contributed by atoms with Gasteiger partial charge in [-0.05, 0) is 134 Å². The van der Waals surface area contributed by atoms with E-state index in [2.05, 4.69) is 269 Å². The van der Waals surface area contributed by atoms with Crippen LogP contribution in [0.5, 0.6) is 0 Å². The van der Waals surface area contributed by atoms with E-state index < -0.39 is 5.41 Å². The van der Waals surface area contributed by atoms with Crippen LogP contribution in [0.3, 0.4) is 0 Å². The Balaban J connectivity index is 0.971. The second kappa shape index (κ2) is 15.7. The first kappa shape index (κ1) is 40.0. The standard InChI is InChI=1S/C68H48/c1-67(2)60-21-11-13-23-62(60)68(63-24-14-12-22-61(63)67)64-43-55(53-35-33-51(34-36-53)49-29-25-47(26-30-49)45-15-5-3-6-16-45)41-42-58(64)66-57-20-10-9-19-56(57)59(44-65(66)68)54-39-37-52(38-40-54)50-31-27-48(28-32-50)46-17-7-4-8-18-46/h3-44H,1-2H3. The van der Waals surface area contributed by atoms with Gasteiger partial charge in [-0.15, -0.1) is 0 Å². The Morgan fingerprint density at radius 3 is 1.01 bits per heavy atom. The van der Waals surface area contributed by atoms with Gasteiger partial charge in [-0.3, -0.25) is 0 Å². The summed E-state index contributed by atoms with van der Waals surface area (Å²) in [6.07, 6.45) is 0. The van der Waals surface area contributed by atoms with Crippen LogP contribution in [-0.4, -0.2) is 0 Å². The average Bonchev–Trinajstić information content (AvgIpc) is 3.71. The molecule has 0 bridgehead atoms. The molecule has 0 amide bonds. The molecule has 1 spiro atoms. The van der Waals surface area contributed by atoms with Crippen LogP contribution in [0.15, 0.2) is 255 Å². The highest BCUT2D eigenvalue weighted by atomic mass is 14.5. The van der Waals surface area contributed by atoms with E-state index in [1.165, 1.54) is 122 Å². The minimum absolute atomic E-state index is 0.192. The molecule has 2 aliphatic rings. The summed E-state index contributed by atoms with van der Waals surface area (Å²) >= 11 is 0. The Morgan fingerprint density at radius 2 is 0.559 bits per heavy atom. The van der Waals surface area contributed by atoms with Crippen LogP contribution in [0.25, 0.3) is 88.7 Å². The highest BCUT2D eigenvalue weighted by Crippen LogP contribution is 2.64. The number of hydrogen-bond acceptors (Lipinski definition) is 0. The van der Waals surface area contributed by atoms with Gasteiger partial charge in [0.05, 0.1) is 5.41 Å². The summed E-state index contributed by atoms with van der Waals surface area (Å²) in [7, 11) is 0. The number of hydrogen-bond donors (Lipinski definition) is 0. The SMILES string of the molecule is CC1(C)c2ccccc2C2(c3cc(-c4ccc(-c5ccc(-c6ccccc6)cc5)cc4)ccc3-c3c2cc(-c2ccc(-c4ccc(-c5ccccc5)cc4)cc2)c2ccccc32)c2ccccc21. The van der Waals surface area contributed by atoms with Crippen molar-refractivity contribution in [2.75, 3.05) is 0 Å². The van der Waals surface area contributed by atoms with Crippen LogP contribution in [-0.2, 0) is 10.8 Å². The van der Waals surface area contributed by atoms with Crippen molar-refractivity contribution in [3.63, 3.8) is 0 Å². The van der Waals surface area contributed by atoms with Crippen LogP contribution in [0.2, 0.25) is 0 Å². The van der Waals surface area contributed by atoms with E-state index in [4.69, 9.17) is 0 Å². The summed E-state index contributed by atoms with van der Waals surface area (Å²) < 4.78 is 0. The van der Waals surface area contributed by atoms with Crippen LogP contribution < -0.4 is 0 Å². The fraction of sp³-hybridized carbons (Fsp3) is 0.0588. The Kier molecular flexibility index (Phi) is 9.21. The van der Waals surface area contributed by atoms with Crippen molar-refractivity contribution >= 4 is 10.8 Å². The zero-order valence-corrected chi connectivity index (χ0v) is 38.2. The second-order valence-electron chi connectivity index (χ2n) is 19.2. The highest BCUT2D eigenvalue weighted by Gasteiger charge is 2.54. The molecule has 11 aromatic rings. The van der Waals surface area contributed by atoms with E-state index in [0.717, 1.165) is 0 Å². The van der Waals surface area contributed by atoms with Gasteiger partial charge in [-0.25, -0.2) is 0 Å². The molecule has 0 heterocycles. The first-order valence-electron chi connectivity index (χ1n) is 23.9. The van der Waals surface area contributed by atoms with E-state index in [-0.39, 0.29) is 5.41 Å². The molecule has 0 N–H and O–H groups in total. The maximum absolute atomic E-state index is 2.56.